The summed E-state index contributed by atoms with van der Waals surface area (Å²) in [6, 6.07) is 2.79. The molecule has 0 spiro atoms. The molecule has 0 radical (unpaired) electrons. The molecule has 0 bridgehead atoms. The topological polar surface area (TPSA) is 122 Å². The van der Waals surface area contributed by atoms with Gasteiger partial charge in [0.2, 0.25) is 10.0 Å². The lowest BCUT2D eigenvalue weighted by Crippen LogP contribution is -2.22. The third-order valence-corrected chi connectivity index (χ3v) is 2.55. The van der Waals surface area contributed by atoms with E-state index >= 15 is 0 Å². The number of nitrogens with one attached hydrogen (secondary N) is 1. The van der Waals surface area contributed by atoms with Crippen LogP contribution in [0.3, 0.4) is 0 Å². The highest BCUT2D eigenvalue weighted by Gasteiger charge is 2.15. The van der Waals surface area contributed by atoms with E-state index in [1.165, 1.54) is 18.3 Å². The van der Waals surface area contributed by atoms with Gasteiger partial charge in [0.1, 0.15) is 5.82 Å². The van der Waals surface area contributed by atoms with Crippen LogP contribution in [-0.2, 0) is 14.8 Å². The lowest BCUT2D eigenvalue weighted by atomic mass is 10.4. The van der Waals surface area contributed by atoms with E-state index in [0.29, 0.717) is 0 Å². The second-order valence-corrected chi connectivity index (χ2v) is 4.45. The molecule has 0 aliphatic carbocycles. The van der Waals surface area contributed by atoms with Gasteiger partial charge >= 0.3 is 5.97 Å². The summed E-state index contributed by atoms with van der Waals surface area (Å²) in [6.07, 6.45) is 1.20. The summed E-state index contributed by atoms with van der Waals surface area (Å²) in [5.41, 5.74) is 5.46. The molecule has 8 heteroatoms. The van der Waals surface area contributed by atoms with Crippen LogP contribution in [0.1, 0.15) is 0 Å². The predicted molar refractivity (Wildman–Crippen MR) is 53.7 cm³/mol. The number of hydrogen-bond donors (Lipinski definition) is 3. The van der Waals surface area contributed by atoms with E-state index in [2.05, 4.69) is 9.71 Å². The summed E-state index contributed by atoms with van der Waals surface area (Å²) in [5.74, 6) is -2.17. The van der Waals surface area contributed by atoms with E-state index < -0.39 is 21.7 Å². The van der Waals surface area contributed by atoms with Gasteiger partial charge in [0, 0.05) is 0 Å². The van der Waals surface area contributed by atoms with Crippen molar-refractivity contribution < 1.29 is 18.3 Å². The first-order valence-electron chi connectivity index (χ1n) is 3.83. The fraction of sp³-hybridized carbons (Fsp3) is 0.143. The average molecular weight is 231 g/mol. The maximum absolute atomic E-state index is 11.1. The third kappa shape index (κ3) is 3.81. The van der Waals surface area contributed by atoms with Crippen LogP contribution in [0.15, 0.2) is 18.3 Å². The lowest BCUT2D eigenvalue weighted by molar-refractivity contribution is -0.134. The van der Waals surface area contributed by atoms with Crippen molar-refractivity contribution in [1.82, 2.24) is 4.98 Å². The molecule has 1 aromatic rings. The Balaban J connectivity index is 2.78. The Bertz CT molecular complexity index is 454. The van der Waals surface area contributed by atoms with Gasteiger partial charge < -0.3 is 10.8 Å². The molecule has 1 rings (SSSR count). The van der Waals surface area contributed by atoms with Crippen LogP contribution in [0.2, 0.25) is 0 Å². The number of carboxylic acid groups (broad SMARTS) is 1. The molecule has 1 aromatic heterocycles. The van der Waals surface area contributed by atoms with E-state index in [9.17, 15) is 13.2 Å². The highest BCUT2D eigenvalue weighted by molar-refractivity contribution is 7.93. The van der Waals surface area contributed by atoms with E-state index in [-0.39, 0.29) is 11.5 Å². The van der Waals surface area contributed by atoms with Gasteiger partial charge in [-0.2, -0.15) is 0 Å². The number of aliphatic carboxylic acids is 1. The van der Waals surface area contributed by atoms with E-state index in [1.807, 2.05) is 0 Å². The van der Waals surface area contributed by atoms with Crippen LogP contribution >= 0.6 is 0 Å². The normalized spacial score (nSPS) is 10.9. The maximum atomic E-state index is 11.1. The number of carbonyl (C=O) groups is 1. The number of aromatic nitrogens is 1. The fourth-order valence-electron chi connectivity index (χ4n) is 0.844. The molecule has 0 fully saturated rings. The molecule has 7 nitrogen and oxygen atoms in total. The van der Waals surface area contributed by atoms with Crippen molar-refractivity contribution in [2.24, 2.45) is 0 Å². The van der Waals surface area contributed by atoms with Crippen LogP contribution < -0.4 is 10.5 Å². The zero-order valence-corrected chi connectivity index (χ0v) is 8.36. The minimum absolute atomic E-state index is 0.172. The molecule has 4 N–H and O–H groups in total. The number of nitrogens with two attached hydrogens (primary N) is 1. The first-order chi connectivity index (χ1) is 6.89. The average Bonchev–Trinajstić information content (AvgIpc) is 2.06. The summed E-state index contributed by atoms with van der Waals surface area (Å²) in [5, 5.41) is 8.32. The van der Waals surface area contributed by atoms with Crippen LogP contribution in [0.4, 0.5) is 11.5 Å². The Morgan fingerprint density at radius 2 is 2.20 bits per heavy atom. The van der Waals surface area contributed by atoms with Crippen LogP contribution in [0.5, 0.6) is 0 Å². The number of rotatable bonds is 4. The second-order valence-electron chi connectivity index (χ2n) is 2.73. The van der Waals surface area contributed by atoms with Crippen molar-refractivity contribution in [2.75, 3.05) is 16.2 Å². The maximum Gasteiger partial charge on any atom is 0.320 e. The molecule has 0 unspecified atom stereocenters. The molecular formula is C7H9N3O4S. The number of hydrogen-bond acceptors (Lipinski definition) is 5. The van der Waals surface area contributed by atoms with Crippen LogP contribution in [0.25, 0.3) is 0 Å². The van der Waals surface area contributed by atoms with Gasteiger partial charge in [0.25, 0.3) is 0 Å². The molecule has 15 heavy (non-hydrogen) atoms. The minimum Gasteiger partial charge on any atom is -0.480 e. The zero-order chi connectivity index (χ0) is 11.5. The van der Waals surface area contributed by atoms with Gasteiger partial charge in [0.15, 0.2) is 5.75 Å². The van der Waals surface area contributed by atoms with Crippen molar-refractivity contribution in [3.63, 3.8) is 0 Å². The molecule has 0 saturated heterocycles. The number of carboxylic acids is 1. The van der Waals surface area contributed by atoms with Gasteiger partial charge in [-0.15, -0.1) is 0 Å². The van der Waals surface area contributed by atoms with Crippen molar-refractivity contribution in [3.8, 4) is 0 Å². The van der Waals surface area contributed by atoms with Gasteiger partial charge in [0.05, 0.1) is 11.9 Å². The van der Waals surface area contributed by atoms with Crippen molar-refractivity contribution in [2.45, 2.75) is 0 Å². The third-order valence-electron chi connectivity index (χ3n) is 1.37. The Labute approximate surface area is 86.0 Å². The second kappa shape index (κ2) is 4.13. The zero-order valence-electron chi connectivity index (χ0n) is 7.54. The smallest absolute Gasteiger partial charge is 0.320 e. The summed E-state index contributed by atoms with van der Waals surface area (Å²) in [7, 11) is -3.88. The standard InChI is InChI=1S/C7H9N3O4S/c8-6-2-1-5(3-9-6)10-15(13,14)4-7(11)12/h1-3,10H,4H2,(H2,8,9)(H,11,12). The summed E-state index contributed by atoms with van der Waals surface area (Å²) in [6.45, 7) is 0. The molecule has 0 aromatic carbocycles. The molecular weight excluding hydrogens is 222 g/mol. The number of nitrogen functional groups attached to an aromatic ring is 1. The number of anilines is 2. The SMILES string of the molecule is Nc1ccc(NS(=O)(=O)CC(=O)O)cn1. The Morgan fingerprint density at radius 3 is 2.67 bits per heavy atom. The van der Waals surface area contributed by atoms with Crippen molar-refractivity contribution in [3.05, 3.63) is 18.3 Å². The van der Waals surface area contributed by atoms with Gasteiger partial charge in [-0.25, -0.2) is 13.4 Å². The largest absolute Gasteiger partial charge is 0.480 e. The van der Waals surface area contributed by atoms with Gasteiger partial charge in [-0.3, -0.25) is 9.52 Å². The summed E-state index contributed by atoms with van der Waals surface area (Å²) < 4.78 is 24.3. The van der Waals surface area contributed by atoms with E-state index in [0.717, 1.165) is 0 Å². The number of nitrogens with zero attached hydrogens (tertiary/aromatic N) is 1. The monoisotopic (exact) mass is 231 g/mol. The lowest BCUT2D eigenvalue weighted by Gasteiger charge is -2.04. The van der Waals surface area contributed by atoms with Gasteiger partial charge in [-0.1, -0.05) is 0 Å². The number of sulfonamides is 1. The van der Waals surface area contributed by atoms with E-state index in [4.69, 9.17) is 10.8 Å². The van der Waals surface area contributed by atoms with Crippen LogP contribution in [-0.4, -0.2) is 30.2 Å². The summed E-state index contributed by atoms with van der Waals surface area (Å²) in [4.78, 5) is 13.9. The van der Waals surface area contributed by atoms with Crippen molar-refractivity contribution in [1.29, 1.82) is 0 Å². The molecule has 0 aliphatic heterocycles. The highest BCUT2D eigenvalue weighted by atomic mass is 32.2. The number of pyridine rings is 1. The molecule has 1 heterocycles. The molecule has 0 amide bonds. The quantitative estimate of drug-likeness (QED) is 0.641. The first-order valence-corrected chi connectivity index (χ1v) is 5.48. The van der Waals surface area contributed by atoms with Crippen molar-refractivity contribution >= 4 is 27.5 Å². The Kier molecular flexibility index (Phi) is 3.10. The molecule has 0 atom stereocenters. The van der Waals surface area contributed by atoms with Crippen LogP contribution in [0, 0.1) is 0 Å². The molecule has 82 valence electrons. The van der Waals surface area contributed by atoms with Gasteiger partial charge in [-0.05, 0) is 12.1 Å². The molecule has 0 aliphatic rings. The van der Waals surface area contributed by atoms with E-state index in [1.54, 1.807) is 0 Å². The Morgan fingerprint density at radius 1 is 1.53 bits per heavy atom. The summed E-state index contributed by atoms with van der Waals surface area (Å²) >= 11 is 0. The fourth-order valence-corrected chi connectivity index (χ4v) is 1.72. The minimum atomic E-state index is -3.88. The molecule has 0 saturated carbocycles. The predicted octanol–water partition coefficient (Wildman–Crippen LogP) is -0.510. The first kappa shape index (κ1) is 11.2. The highest BCUT2D eigenvalue weighted by Crippen LogP contribution is 2.09. The Hall–Kier alpha value is -1.83.